The summed E-state index contributed by atoms with van der Waals surface area (Å²) in [7, 11) is 0. The summed E-state index contributed by atoms with van der Waals surface area (Å²) in [5.74, 6) is 1.17. The van der Waals surface area contributed by atoms with Gasteiger partial charge < -0.3 is 4.74 Å². The van der Waals surface area contributed by atoms with Crippen LogP contribution in [0.5, 0.6) is 0 Å². The minimum atomic E-state index is -0.297. The standard InChI is InChI=1S/C15H28O2/c1-11(16)17-15(5,6)13-9-7-12(8-10-13)14(2,3)4/h12-13H,7-10H2,1-6H3. The molecule has 0 aliphatic heterocycles. The van der Waals surface area contributed by atoms with Gasteiger partial charge in [0.2, 0.25) is 0 Å². The van der Waals surface area contributed by atoms with Crippen LogP contribution in [-0.4, -0.2) is 11.6 Å². The van der Waals surface area contributed by atoms with Crippen molar-refractivity contribution in [3.05, 3.63) is 0 Å². The molecular weight excluding hydrogens is 212 g/mol. The highest BCUT2D eigenvalue weighted by Gasteiger charge is 2.38. The zero-order valence-electron chi connectivity index (χ0n) is 12.3. The Morgan fingerprint density at radius 3 is 1.71 bits per heavy atom. The predicted octanol–water partition coefficient (Wildman–Crippen LogP) is 4.18. The van der Waals surface area contributed by atoms with E-state index in [4.69, 9.17) is 4.74 Å². The molecule has 0 aromatic carbocycles. The van der Waals surface area contributed by atoms with E-state index in [1.54, 1.807) is 0 Å². The third kappa shape index (κ3) is 4.01. The van der Waals surface area contributed by atoms with Crippen molar-refractivity contribution in [3.8, 4) is 0 Å². The maximum atomic E-state index is 11.1. The molecule has 100 valence electrons. The molecule has 0 amide bonds. The number of rotatable bonds is 2. The first-order valence-electron chi connectivity index (χ1n) is 6.82. The Balaban J connectivity index is 2.54. The first-order chi connectivity index (χ1) is 7.63. The van der Waals surface area contributed by atoms with Crippen molar-refractivity contribution in [2.75, 3.05) is 0 Å². The zero-order chi connectivity index (χ0) is 13.3. The first-order valence-corrected chi connectivity index (χ1v) is 6.82. The van der Waals surface area contributed by atoms with Gasteiger partial charge in [0, 0.05) is 6.92 Å². The van der Waals surface area contributed by atoms with Gasteiger partial charge in [-0.1, -0.05) is 20.8 Å². The van der Waals surface area contributed by atoms with Crippen molar-refractivity contribution in [1.82, 2.24) is 0 Å². The molecule has 0 radical (unpaired) electrons. The number of esters is 1. The fraction of sp³-hybridized carbons (Fsp3) is 0.933. The van der Waals surface area contributed by atoms with E-state index in [-0.39, 0.29) is 11.6 Å². The summed E-state index contributed by atoms with van der Waals surface area (Å²) in [6, 6.07) is 0. The highest BCUT2D eigenvalue weighted by molar-refractivity contribution is 5.66. The van der Waals surface area contributed by atoms with Crippen LogP contribution in [0.2, 0.25) is 0 Å². The number of ether oxygens (including phenoxy) is 1. The van der Waals surface area contributed by atoms with Crippen LogP contribution in [0.15, 0.2) is 0 Å². The van der Waals surface area contributed by atoms with E-state index in [1.807, 2.05) is 0 Å². The van der Waals surface area contributed by atoms with Crippen molar-refractivity contribution in [3.63, 3.8) is 0 Å². The Morgan fingerprint density at radius 1 is 0.941 bits per heavy atom. The molecule has 0 N–H and O–H groups in total. The monoisotopic (exact) mass is 240 g/mol. The minimum Gasteiger partial charge on any atom is -0.460 e. The lowest BCUT2D eigenvalue weighted by atomic mass is 9.67. The molecule has 1 aliphatic rings. The molecule has 1 fully saturated rings. The van der Waals surface area contributed by atoms with E-state index >= 15 is 0 Å². The smallest absolute Gasteiger partial charge is 0.303 e. The SMILES string of the molecule is CC(=O)OC(C)(C)C1CCC(C(C)(C)C)CC1. The lowest BCUT2D eigenvalue weighted by Crippen LogP contribution is -2.39. The molecule has 0 bridgehead atoms. The maximum Gasteiger partial charge on any atom is 0.303 e. The Hall–Kier alpha value is -0.530. The van der Waals surface area contributed by atoms with Crippen LogP contribution < -0.4 is 0 Å². The first kappa shape index (κ1) is 14.5. The van der Waals surface area contributed by atoms with E-state index in [2.05, 4.69) is 34.6 Å². The van der Waals surface area contributed by atoms with E-state index in [9.17, 15) is 4.79 Å². The molecule has 0 atom stereocenters. The largest absolute Gasteiger partial charge is 0.460 e. The van der Waals surface area contributed by atoms with E-state index in [0.29, 0.717) is 11.3 Å². The van der Waals surface area contributed by atoms with E-state index in [0.717, 1.165) is 5.92 Å². The van der Waals surface area contributed by atoms with Crippen molar-refractivity contribution in [1.29, 1.82) is 0 Å². The summed E-state index contributed by atoms with van der Waals surface area (Å²) < 4.78 is 5.46. The Bertz CT molecular complexity index is 265. The summed E-state index contributed by atoms with van der Waals surface area (Å²) in [4.78, 5) is 11.1. The summed E-state index contributed by atoms with van der Waals surface area (Å²) in [5.41, 5.74) is 0.116. The number of carbonyl (C=O) groups is 1. The quantitative estimate of drug-likeness (QED) is 0.677. The topological polar surface area (TPSA) is 26.3 Å². The van der Waals surface area contributed by atoms with Gasteiger partial charge in [-0.3, -0.25) is 4.79 Å². The molecule has 2 nitrogen and oxygen atoms in total. The van der Waals surface area contributed by atoms with E-state index in [1.165, 1.54) is 32.6 Å². The van der Waals surface area contributed by atoms with Crippen LogP contribution >= 0.6 is 0 Å². The summed E-state index contributed by atoms with van der Waals surface area (Å²) in [5, 5.41) is 0. The molecule has 2 heteroatoms. The second-order valence-electron chi connectivity index (χ2n) is 7.11. The van der Waals surface area contributed by atoms with Crippen LogP contribution in [-0.2, 0) is 9.53 Å². The minimum absolute atomic E-state index is 0.159. The van der Waals surface area contributed by atoms with Gasteiger partial charge in [-0.05, 0) is 56.8 Å². The van der Waals surface area contributed by atoms with Gasteiger partial charge >= 0.3 is 5.97 Å². The van der Waals surface area contributed by atoms with E-state index < -0.39 is 0 Å². The van der Waals surface area contributed by atoms with Gasteiger partial charge in [0.1, 0.15) is 5.60 Å². The van der Waals surface area contributed by atoms with Gasteiger partial charge in [0.25, 0.3) is 0 Å². The number of carbonyl (C=O) groups excluding carboxylic acids is 1. The summed E-state index contributed by atoms with van der Waals surface area (Å²) in [6.45, 7) is 12.6. The lowest BCUT2D eigenvalue weighted by molar-refractivity contribution is -0.160. The van der Waals surface area contributed by atoms with Crippen molar-refractivity contribution >= 4 is 5.97 Å². The molecule has 0 saturated heterocycles. The fourth-order valence-electron chi connectivity index (χ4n) is 3.11. The second kappa shape index (κ2) is 4.99. The van der Waals surface area contributed by atoms with Crippen LogP contribution in [0.4, 0.5) is 0 Å². The Kier molecular flexibility index (Phi) is 4.27. The van der Waals surface area contributed by atoms with Crippen molar-refractivity contribution < 1.29 is 9.53 Å². The van der Waals surface area contributed by atoms with Crippen molar-refractivity contribution in [2.45, 2.75) is 72.8 Å². The molecule has 0 unspecified atom stereocenters. The molecule has 0 aromatic heterocycles. The Morgan fingerprint density at radius 2 is 1.35 bits per heavy atom. The average molecular weight is 240 g/mol. The third-order valence-electron chi connectivity index (χ3n) is 4.34. The molecule has 1 rings (SSSR count). The van der Waals surface area contributed by atoms with Gasteiger partial charge in [0.15, 0.2) is 0 Å². The van der Waals surface area contributed by atoms with Crippen LogP contribution in [0.1, 0.15) is 67.2 Å². The molecular formula is C15H28O2. The fourth-order valence-corrected chi connectivity index (χ4v) is 3.11. The maximum absolute atomic E-state index is 11.1. The zero-order valence-corrected chi connectivity index (χ0v) is 12.3. The number of hydrogen-bond donors (Lipinski definition) is 0. The van der Waals surface area contributed by atoms with Crippen molar-refractivity contribution in [2.24, 2.45) is 17.3 Å². The number of hydrogen-bond acceptors (Lipinski definition) is 2. The Labute approximate surface area is 106 Å². The summed E-state index contributed by atoms with van der Waals surface area (Å²) in [6.07, 6.45) is 4.89. The third-order valence-corrected chi connectivity index (χ3v) is 4.34. The second-order valence-corrected chi connectivity index (χ2v) is 7.11. The predicted molar refractivity (Wildman–Crippen MR) is 70.7 cm³/mol. The van der Waals surface area contributed by atoms with Gasteiger partial charge in [-0.15, -0.1) is 0 Å². The molecule has 0 spiro atoms. The molecule has 17 heavy (non-hydrogen) atoms. The van der Waals surface area contributed by atoms with Crippen LogP contribution in [0.25, 0.3) is 0 Å². The van der Waals surface area contributed by atoms with Crippen LogP contribution in [0, 0.1) is 17.3 Å². The highest BCUT2D eigenvalue weighted by Crippen LogP contribution is 2.43. The molecule has 1 saturated carbocycles. The van der Waals surface area contributed by atoms with Gasteiger partial charge in [0.05, 0.1) is 0 Å². The summed E-state index contributed by atoms with van der Waals surface area (Å²) >= 11 is 0. The van der Waals surface area contributed by atoms with Gasteiger partial charge in [-0.2, -0.15) is 0 Å². The normalized spacial score (nSPS) is 26.7. The lowest BCUT2D eigenvalue weighted by Gasteiger charge is -2.42. The molecule has 0 aromatic rings. The highest BCUT2D eigenvalue weighted by atomic mass is 16.6. The molecule has 1 aliphatic carbocycles. The molecule has 0 heterocycles. The van der Waals surface area contributed by atoms with Crippen LogP contribution in [0.3, 0.4) is 0 Å². The van der Waals surface area contributed by atoms with Gasteiger partial charge in [-0.25, -0.2) is 0 Å². The average Bonchev–Trinajstić information content (AvgIpc) is 2.14.